The number of rotatable bonds is 8. The van der Waals surface area contributed by atoms with E-state index in [0.29, 0.717) is 37.2 Å². The zero-order valence-corrected chi connectivity index (χ0v) is 26.3. The van der Waals surface area contributed by atoms with E-state index in [4.69, 9.17) is 14.5 Å². The summed E-state index contributed by atoms with van der Waals surface area (Å²) in [6.45, 7) is 3.99. The van der Waals surface area contributed by atoms with Crippen LogP contribution in [-0.4, -0.2) is 86.3 Å². The normalized spacial score (nSPS) is 20.3. The lowest BCUT2D eigenvalue weighted by Crippen LogP contribution is -2.61. The maximum atomic E-state index is 14.3. The predicted octanol–water partition coefficient (Wildman–Crippen LogP) is 3.59. The summed E-state index contributed by atoms with van der Waals surface area (Å²) in [5.74, 6) is -1.64. The van der Waals surface area contributed by atoms with Gasteiger partial charge < -0.3 is 34.7 Å². The average molecular weight is 666 g/mol. The van der Waals surface area contributed by atoms with Gasteiger partial charge in [0.1, 0.15) is 18.2 Å². The quantitative estimate of drug-likeness (QED) is 0.266. The van der Waals surface area contributed by atoms with Crippen molar-refractivity contribution in [2.24, 2.45) is 0 Å². The molecule has 5 rings (SSSR count). The van der Waals surface area contributed by atoms with E-state index in [9.17, 15) is 32.8 Å². The molecule has 3 atom stereocenters. The Labute approximate surface area is 261 Å². The molecule has 3 heterocycles. The standard InChI is InChI=1S/C30H34F2N3O8PS/c1-29(2,39)25(33-26(36)24-16-19-15-20(10-11-23(19)45-24)30(31,32)44(40,41)42)28(38)35-12-6-9-21(35)27(37)34-13-14-43-22(17-34)18-7-4-3-5-8-18/h3-5,7-8,10-11,15-16,21-22,25,39H,6,9,12-14,17H2,1-2H3,(H,33,36)(H2,40,41,42)/t21-,22-,25?/m0/s1. The maximum Gasteiger partial charge on any atom is 0.399 e. The number of halogens is 2. The van der Waals surface area contributed by atoms with Crippen molar-refractivity contribution in [3.63, 3.8) is 0 Å². The molecule has 1 unspecified atom stereocenters. The Morgan fingerprint density at radius 3 is 2.47 bits per heavy atom. The molecule has 0 bridgehead atoms. The van der Waals surface area contributed by atoms with Gasteiger partial charge >= 0.3 is 13.3 Å². The van der Waals surface area contributed by atoms with Crippen molar-refractivity contribution >= 4 is 46.7 Å². The number of nitrogens with zero attached hydrogens (tertiary/aromatic N) is 2. The molecule has 1 aromatic heterocycles. The number of alkyl halides is 2. The van der Waals surface area contributed by atoms with Gasteiger partial charge in [0.05, 0.1) is 23.6 Å². The molecule has 2 saturated heterocycles. The molecule has 2 fully saturated rings. The van der Waals surface area contributed by atoms with Gasteiger partial charge in [-0.3, -0.25) is 18.9 Å². The second kappa shape index (κ2) is 12.5. The van der Waals surface area contributed by atoms with E-state index in [2.05, 4.69) is 5.32 Å². The van der Waals surface area contributed by atoms with Gasteiger partial charge in [-0.15, -0.1) is 11.3 Å². The van der Waals surface area contributed by atoms with Crippen LogP contribution >= 0.6 is 18.9 Å². The fraction of sp³-hybridized carbons (Fsp3) is 0.433. The van der Waals surface area contributed by atoms with E-state index in [1.54, 1.807) is 4.90 Å². The smallest absolute Gasteiger partial charge is 0.388 e. The van der Waals surface area contributed by atoms with Gasteiger partial charge in [-0.1, -0.05) is 36.4 Å². The third-order valence-corrected chi connectivity index (χ3v) is 10.2. The Morgan fingerprint density at radius 2 is 1.80 bits per heavy atom. The first-order valence-corrected chi connectivity index (χ1v) is 16.8. The number of fused-ring (bicyclic) bond motifs is 1. The minimum atomic E-state index is -5.79. The lowest BCUT2D eigenvalue weighted by atomic mass is 9.96. The van der Waals surface area contributed by atoms with Crippen molar-refractivity contribution < 1.29 is 47.4 Å². The van der Waals surface area contributed by atoms with Crippen LogP contribution in [0.1, 0.15) is 53.6 Å². The summed E-state index contributed by atoms with van der Waals surface area (Å²) in [6, 6.07) is 11.6. The van der Waals surface area contributed by atoms with E-state index in [0.717, 1.165) is 29.0 Å². The van der Waals surface area contributed by atoms with Gasteiger partial charge in [-0.2, -0.15) is 8.78 Å². The van der Waals surface area contributed by atoms with Crippen molar-refractivity contribution in [2.75, 3.05) is 26.2 Å². The van der Waals surface area contributed by atoms with Crippen LogP contribution in [0.15, 0.2) is 54.6 Å². The zero-order valence-electron chi connectivity index (χ0n) is 24.6. The molecule has 242 valence electrons. The molecule has 0 aliphatic carbocycles. The van der Waals surface area contributed by atoms with Gasteiger partial charge in [-0.25, -0.2) is 0 Å². The number of carbonyl (C=O) groups is 3. The Kier molecular flexibility index (Phi) is 9.20. The molecule has 2 aliphatic rings. The van der Waals surface area contributed by atoms with Crippen molar-refractivity contribution in [1.29, 1.82) is 0 Å². The number of thiophene rings is 1. The van der Waals surface area contributed by atoms with Crippen molar-refractivity contribution in [3.8, 4) is 0 Å². The molecule has 15 heteroatoms. The molecule has 3 aromatic rings. The maximum absolute atomic E-state index is 14.3. The molecule has 3 amide bonds. The number of ether oxygens (including phenoxy) is 1. The fourth-order valence-corrected chi connectivity index (χ4v) is 7.06. The first-order valence-electron chi connectivity index (χ1n) is 14.3. The monoisotopic (exact) mass is 665 g/mol. The molecule has 0 spiro atoms. The Bertz CT molecular complexity index is 1640. The van der Waals surface area contributed by atoms with Gasteiger partial charge in [-0.05, 0) is 55.8 Å². The van der Waals surface area contributed by atoms with Crippen LogP contribution in [0.5, 0.6) is 0 Å². The highest BCUT2D eigenvalue weighted by Crippen LogP contribution is 2.59. The van der Waals surface area contributed by atoms with Gasteiger partial charge in [0.15, 0.2) is 0 Å². The molecule has 0 saturated carbocycles. The lowest BCUT2D eigenvalue weighted by Gasteiger charge is -2.38. The first kappa shape index (κ1) is 33.1. The number of hydrogen-bond donors (Lipinski definition) is 4. The summed E-state index contributed by atoms with van der Waals surface area (Å²) in [5.41, 5.74) is -6.13. The van der Waals surface area contributed by atoms with E-state index in [-0.39, 0.29) is 28.8 Å². The summed E-state index contributed by atoms with van der Waals surface area (Å²) >= 11 is 0.921. The van der Waals surface area contributed by atoms with Crippen LogP contribution in [0, 0.1) is 0 Å². The van der Waals surface area contributed by atoms with Gasteiger partial charge in [0.2, 0.25) is 11.8 Å². The van der Waals surface area contributed by atoms with E-state index >= 15 is 0 Å². The minimum absolute atomic E-state index is 0.0259. The molecular weight excluding hydrogens is 631 g/mol. The van der Waals surface area contributed by atoms with Gasteiger partial charge in [0, 0.05) is 23.4 Å². The van der Waals surface area contributed by atoms with Crippen LogP contribution in [-0.2, 0) is 24.6 Å². The summed E-state index contributed by atoms with van der Waals surface area (Å²) < 4.78 is 46.1. The van der Waals surface area contributed by atoms with Crippen molar-refractivity contribution in [2.45, 2.75) is 56.1 Å². The largest absolute Gasteiger partial charge is 0.399 e. The van der Waals surface area contributed by atoms with E-state index < -0.39 is 48.3 Å². The van der Waals surface area contributed by atoms with Crippen molar-refractivity contribution in [1.82, 2.24) is 15.1 Å². The second-order valence-electron chi connectivity index (χ2n) is 11.8. The summed E-state index contributed by atoms with van der Waals surface area (Å²) in [7, 11) is -5.79. The zero-order chi connectivity index (χ0) is 32.7. The molecule has 4 N–H and O–H groups in total. The summed E-state index contributed by atoms with van der Waals surface area (Å²) in [6.07, 6.45) is 0.666. The van der Waals surface area contributed by atoms with E-state index in [1.807, 2.05) is 30.3 Å². The van der Waals surface area contributed by atoms with Crippen molar-refractivity contribution in [3.05, 3.63) is 70.6 Å². The molecule has 45 heavy (non-hydrogen) atoms. The number of benzene rings is 2. The molecular formula is C30H34F2N3O8PS. The minimum Gasteiger partial charge on any atom is -0.388 e. The number of nitrogens with one attached hydrogen (secondary N) is 1. The highest BCUT2D eigenvalue weighted by Gasteiger charge is 2.50. The molecule has 2 aromatic carbocycles. The summed E-state index contributed by atoms with van der Waals surface area (Å²) in [5, 5.41) is 13.7. The highest BCUT2D eigenvalue weighted by molar-refractivity contribution is 7.52. The van der Waals surface area contributed by atoms with Gasteiger partial charge in [0.25, 0.3) is 5.91 Å². The number of aliphatic hydroxyl groups is 1. The predicted molar refractivity (Wildman–Crippen MR) is 162 cm³/mol. The number of amides is 3. The van der Waals surface area contributed by atoms with Crippen LogP contribution in [0.3, 0.4) is 0 Å². The second-order valence-corrected chi connectivity index (χ2v) is 14.5. The first-order chi connectivity index (χ1) is 21.1. The van der Waals surface area contributed by atoms with Crippen LogP contribution < -0.4 is 5.32 Å². The lowest BCUT2D eigenvalue weighted by molar-refractivity contribution is -0.151. The fourth-order valence-electron chi connectivity index (χ4n) is 5.64. The Hall–Kier alpha value is -3.26. The molecule has 11 nitrogen and oxygen atoms in total. The third-order valence-electron chi connectivity index (χ3n) is 8.05. The topological polar surface area (TPSA) is 157 Å². The number of hydrogen-bond acceptors (Lipinski definition) is 7. The number of morpholine rings is 1. The number of likely N-dealkylation sites (tertiary alicyclic amines) is 1. The summed E-state index contributed by atoms with van der Waals surface area (Å²) in [4.78, 5) is 62.1. The molecule has 0 radical (unpaired) electrons. The van der Waals surface area contributed by atoms with E-state index in [1.165, 1.54) is 30.9 Å². The number of carbonyl (C=O) groups excluding carboxylic acids is 3. The van der Waals surface area contributed by atoms with Crippen LogP contribution in [0.4, 0.5) is 8.78 Å². The average Bonchev–Trinajstić information content (AvgIpc) is 3.66. The molecule has 2 aliphatic heterocycles. The Balaban J connectivity index is 1.32. The highest BCUT2D eigenvalue weighted by atomic mass is 32.1. The van der Waals surface area contributed by atoms with Crippen LogP contribution in [0.25, 0.3) is 10.1 Å². The SMILES string of the molecule is CC(C)(O)C(NC(=O)c1cc2cc(C(F)(F)P(=O)(O)O)ccc2s1)C(=O)N1CCC[C@H]1C(=O)N1CCO[C@H](c2ccccc2)C1. The Morgan fingerprint density at radius 1 is 1.09 bits per heavy atom. The van der Waals surface area contributed by atoms with Crippen LogP contribution in [0.2, 0.25) is 0 Å². The third kappa shape index (κ3) is 6.81.